The summed E-state index contributed by atoms with van der Waals surface area (Å²) in [4.78, 5) is 26.9. The zero-order valence-corrected chi connectivity index (χ0v) is 16.3. The Balaban J connectivity index is 1.83. The minimum atomic E-state index is -4.57. The average molecular weight is 404 g/mol. The fourth-order valence-corrected chi connectivity index (χ4v) is 3.74. The number of amides is 2. The van der Waals surface area contributed by atoms with Gasteiger partial charge < -0.3 is 10.2 Å². The first-order valence-corrected chi connectivity index (χ1v) is 9.64. The first-order chi connectivity index (χ1) is 13.8. The Bertz CT molecular complexity index is 902. The van der Waals surface area contributed by atoms with Crippen molar-refractivity contribution in [2.24, 2.45) is 5.92 Å². The summed E-state index contributed by atoms with van der Waals surface area (Å²) < 4.78 is 39.5. The van der Waals surface area contributed by atoms with Crippen molar-refractivity contribution in [3.05, 3.63) is 59.2 Å². The Morgan fingerprint density at radius 3 is 2.28 bits per heavy atom. The highest BCUT2D eigenvalue weighted by atomic mass is 19.4. The van der Waals surface area contributed by atoms with Gasteiger partial charge in [0.2, 0.25) is 11.8 Å². The van der Waals surface area contributed by atoms with E-state index < -0.39 is 23.6 Å². The smallest absolute Gasteiger partial charge is 0.325 e. The molecule has 2 aromatic carbocycles. The Morgan fingerprint density at radius 1 is 1.07 bits per heavy atom. The number of benzene rings is 2. The fraction of sp³-hybridized carbons (Fsp3) is 0.364. The number of rotatable bonds is 5. The van der Waals surface area contributed by atoms with Crippen LogP contribution in [0.1, 0.15) is 37.0 Å². The highest BCUT2D eigenvalue weighted by Crippen LogP contribution is 2.36. The zero-order chi connectivity index (χ0) is 21.2. The van der Waals surface area contributed by atoms with Gasteiger partial charge in [0.05, 0.1) is 17.2 Å². The van der Waals surface area contributed by atoms with Gasteiger partial charge in [-0.3, -0.25) is 9.59 Å². The van der Waals surface area contributed by atoms with Crippen molar-refractivity contribution in [2.45, 2.75) is 39.3 Å². The predicted molar refractivity (Wildman–Crippen MR) is 106 cm³/mol. The van der Waals surface area contributed by atoms with E-state index in [2.05, 4.69) is 5.32 Å². The second-order valence-corrected chi connectivity index (χ2v) is 7.07. The number of para-hydroxylation sites is 2. The minimum absolute atomic E-state index is 0.0266. The van der Waals surface area contributed by atoms with E-state index in [1.54, 1.807) is 4.90 Å². The lowest BCUT2D eigenvalue weighted by Gasteiger charge is -2.23. The van der Waals surface area contributed by atoms with Gasteiger partial charge in [0.25, 0.3) is 0 Å². The third-order valence-corrected chi connectivity index (χ3v) is 5.22. The number of carbonyl (C=O) groups excluding carboxylic acids is 2. The molecule has 0 saturated carbocycles. The second-order valence-electron chi connectivity index (χ2n) is 7.07. The van der Waals surface area contributed by atoms with Gasteiger partial charge in [-0.25, -0.2) is 0 Å². The summed E-state index contributed by atoms with van der Waals surface area (Å²) in [6, 6.07) is 10.7. The van der Waals surface area contributed by atoms with E-state index in [0.717, 1.165) is 35.7 Å². The zero-order valence-electron chi connectivity index (χ0n) is 16.3. The third-order valence-electron chi connectivity index (χ3n) is 5.22. The summed E-state index contributed by atoms with van der Waals surface area (Å²) in [5.41, 5.74) is 1.66. The van der Waals surface area contributed by atoms with Crippen molar-refractivity contribution in [3.8, 4) is 0 Å². The number of aryl methyl sites for hydroxylation is 2. The molecule has 0 radical (unpaired) electrons. The molecule has 0 aliphatic carbocycles. The van der Waals surface area contributed by atoms with Crippen molar-refractivity contribution < 1.29 is 22.8 Å². The molecule has 1 aliphatic heterocycles. The van der Waals surface area contributed by atoms with E-state index in [1.165, 1.54) is 18.2 Å². The number of hydrogen-bond donors (Lipinski definition) is 1. The molecule has 1 heterocycles. The van der Waals surface area contributed by atoms with E-state index in [-0.39, 0.29) is 24.6 Å². The number of anilines is 2. The summed E-state index contributed by atoms with van der Waals surface area (Å²) in [6.07, 6.45) is -3.12. The van der Waals surface area contributed by atoms with Crippen LogP contribution in [0.4, 0.5) is 24.5 Å². The molecule has 29 heavy (non-hydrogen) atoms. The molecule has 1 fully saturated rings. The Hall–Kier alpha value is -2.83. The van der Waals surface area contributed by atoms with Gasteiger partial charge in [0, 0.05) is 18.7 Å². The minimum Gasteiger partial charge on any atom is -0.325 e. The van der Waals surface area contributed by atoms with Crippen LogP contribution in [0.5, 0.6) is 0 Å². The van der Waals surface area contributed by atoms with E-state index in [4.69, 9.17) is 0 Å². The predicted octanol–water partition coefficient (Wildman–Crippen LogP) is 4.82. The van der Waals surface area contributed by atoms with Crippen molar-refractivity contribution in [1.29, 1.82) is 0 Å². The maximum atomic E-state index is 13.2. The average Bonchev–Trinajstić information content (AvgIpc) is 3.08. The van der Waals surface area contributed by atoms with Gasteiger partial charge in [0.1, 0.15) is 0 Å². The van der Waals surface area contributed by atoms with Gasteiger partial charge >= 0.3 is 6.18 Å². The van der Waals surface area contributed by atoms with Crippen molar-refractivity contribution in [1.82, 2.24) is 0 Å². The van der Waals surface area contributed by atoms with E-state index in [1.807, 2.05) is 32.0 Å². The Morgan fingerprint density at radius 2 is 1.69 bits per heavy atom. The normalized spacial score (nSPS) is 16.9. The fourth-order valence-electron chi connectivity index (χ4n) is 3.74. The largest absolute Gasteiger partial charge is 0.418 e. The second kappa shape index (κ2) is 8.27. The van der Waals surface area contributed by atoms with Crippen LogP contribution in [0.2, 0.25) is 0 Å². The van der Waals surface area contributed by atoms with Gasteiger partial charge in [-0.2, -0.15) is 13.2 Å². The first kappa shape index (κ1) is 20.9. The third kappa shape index (κ3) is 4.28. The molecule has 2 amide bonds. The molecule has 1 N–H and O–H groups in total. The first-order valence-electron chi connectivity index (χ1n) is 9.64. The van der Waals surface area contributed by atoms with Crippen LogP contribution in [0.25, 0.3) is 0 Å². The number of halogens is 3. The highest BCUT2D eigenvalue weighted by molar-refractivity contribution is 6.04. The van der Waals surface area contributed by atoms with Gasteiger partial charge in [0.15, 0.2) is 0 Å². The number of carbonyl (C=O) groups is 2. The molecule has 0 aromatic heterocycles. The molecule has 2 aromatic rings. The lowest BCUT2D eigenvalue weighted by Crippen LogP contribution is -2.30. The maximum absolute atomic E-state index is 13.2. The quantitative estimate of drug-likeness (QED) is 0.777. The lowest BCUT2D eigenvalue weighted by atomic mass is 10.0. The van der Waals surface area contributed by atoms with Gasteiger partial charge in [-0.15, -0.1) is 0 Å². The molecule has 4 nitrogen and oxygen atoms in total. The van der Waals surface area contributed by atoms with Crippen LogP contribution >= 0.6 is 0 Å². The highest BCUT2D eigenvalue weighted by Gasteiger charge is 2.38. The van der Waals surface area contributed by atoms with E-state index in [9.17, 15) is 22.8 Å². The molecular weight excluding hydrogens is 381 g/mol. The SMILES string of the molecule is CCc1cccc(CC)c1N1C[C@@H](C(=O)Nc2ccccc2C(F)(F)F)CC1=O. The number of nitrogens with zero attached hydrogens (tertiary/aromatic N) is 1. The van der Waals surface area contributed by atoms with Crippen molar-refractivity contribution in [3.63, 3.8) is 0 Å². The number of nitrogens with one attached hydrogen (secondary N) is 1. The molecule has 7 heteroatoms. The molecule has 1 atom stereocenters. The van der Waals surface area contributed by atoms with Crippen LogP contribution in [0.15, 0.2) is 42.5 Å². The van der Waals surface area contributed by atoms with Crippen LogP contribution < -0.4 is 10.2 Å². The molecular formula is C22H23F3N2O2. The molecule has 0 spiro atoms. The van der Waals surface area contributed by atoms with Crippen LogP contribution in [0, 0.1) is 5.92 Å². The molecule has 0 bridgehead atoms. The standard InChI is InChI=1S/C22H23F3N2O2/c1-3-14-8-7-9-15(4-2)20(14)27-13-16(12-19(27)28)21(29)26-18-11-6-5-10-17(18)22(23,24)25/h5-11,16H,3-4,12-13H2,1-2H3,(H,26,29)/t16-/m0/s1. The molecule has 1 saturated heterocycles. The topological polar surface area (TPSA) is 49.4 Å². The van der Waals surface area contributed by atoms with Crippen LogP contribution in [-0.4, -0.2) is 18.4 Å². The Labute approximate surface area is 167 Å². The van der Waals surface area contributed by atoms with Crippen LogP contribution in [-0.2, 0) is 28.6 Å². The molecule has 0 unspecified atom stereocenters. The van der Waals surface area contributed by atoms with Crippen molar-refractivity contribution >= 4 is 23.2 Å². The van der Waals surface area contributed by atoms with Crippen molar-refractivity contribution in [2.75, 3.05) is 16.8 Å². The molecule has 154 valence electrons. The van der Waals surface area contributed by atoms with Crippen LogP contribution in [0.3, 0.4) is 0 Å². The number of alkyl halides is 3. The van der Waals surface area contributed by atoms with E-state index in [0.29, 0.717) is 0 Å². The maximum Gasteiger partial charge on any atom is 0.418 e. The summed E-state index contributed by atoms with van der Waals surface area (Å²) in [6.45, 7) is 4.15. The monoisotopic (exact) mass is 404 g/mol. The van der Waals surface area contributed by atoms with Gasteiger partial charge in [-0.05, 0) is 36.1 Å². The summed E-state index contributed by atoms with van der Waals surface area (Å²) in [7, 11) is 0. The molecule has 3 rings (SSSR count). The van der Waals surface area contributed by atoms with E-state index >= 15 is 0 Å². The van der Waals surface area contributed by atoms with Gasteiger partial charge in [-0.1, -0.05) is 44.2 Å². The summed E-state index contributed by atoms with van der Waals surface area (Å²) in [5, 5.41) is 2.37. The summed E-state index contributed by atoms with van der Waals surface area (Å²) >= 11 is 0. The summed E-state index contributed by atoms with van der Waals surface area (Å²) in [5.74, 6) is -1.48. The Kier molecular flexibility index (Phi) is 5.96. The lowest BCUT2D eigenvalue weighted by molar-refractivity contribution is -0.137. The number of hydrogen-bond acceptors (Lipinski definition) is 2. The molecule has 1 aliphatic rings.